The van der Waals surface area contributed by atoms with E-state index in [4.69, 9.17) is 16.4 Å². The molecule has 4 rings (SSSR count). The van der Waals surface area contributed by atoms with Gasteiger partial charge in [0, 0.05) is 41.0 Å². The van der Waals surface area contributed by atoms with Crippen molar-refractivity contribution in [2.45, 2.75) is 50.9 Å². The number of carbonyl (C=O) groups excluding carboxylic acids is 2. The summed E-state index contributed by atoms with van der Waals surface area (Å²) >= 11 is 0. The molecule has 1 amide bonds. The molecule has 2 atom stereocenters. The van der Waals surface area contributed by atoms with Gasteiger partial charge < -0.3 is 15.2 Å². The second kappa shape index (κ2) is 9.07. The van der Waals surface area contributed by atoms with Gasteiger partial charge in [0.05, 0.1) is 13.2 Å². The monoisotopic (exact) mass is 446 g/mol. The highest BCUT2D eigenvalue weighted by molar-refractivity contribution is 5.98. The summed E-state index contributed by atoms with van der Waals surface area (Å²) < 4.78 is 5.83. The van der Waals surface area contributed by atoms with Gasteiger partial charge in [-0.1, -0.05) is 31.2 Å². The number of hydrogen-bond acceptors (Lipinski definition) is 4. The molecule has 0 unspecified atom stereocenters. The Morgan fingerprint density at radius 1 is 1.24 bits per heavy atom. The lowest BCUT2D eigenvalue weighted by Crippen LogP contribution is -2.27. The molecule has 7 heteroatoms. The van der Waals surface area contributed by atoms with Crippen molar-refractivity contribution in [3.63, 3.8) is 0 Å². The van der Waals surface area contributed by atoms with Crippen LogP contribution in [0.25, 0.3) is 4.85 Å². The second-order valence-corrected chi connectivity index (χ2v) is 8.69. The number of fused-ring (bicyclic) bond motifs is 2. The van der Waals surface area contributed by atoms with Crippen LogP contribution in [0, 0.1) is 12.5 Å². The SMILES string of the molecule is [C-]#[N+]c1ccc(CCCC(=O)O)c(NC(=O)[C@@H]2C[C@]23CCOc2cc(C(=O)CC)ccc23)c1. The number of ketones is 1. The summed E-state index contributed by atoms with van der Waals surface area (Å²) in [6.07, 6.45) is 2.85. The van der Waals surface area contributed by atoms with Gasteiger partial charge in [-0.3, -0.25) is 14.4 Å². The lowest BCUT2D eigenvalue weighted by atomic mass is 9.86. The number of carbonyl (C=O) groups is 3. The zero-order chi connectivity index (χ0) is 23.6. The second-order valence-electron chi connectivity index (χ2n) is 8.69. The van der Waals surface area contributed by atoms with Crippen molar-refractivity contribution in [1.82, 2.24) is 0 Å². The molecule has 0 saturated heterocycles. The van der Waals surface area contributed by atoms with E-state index in [0.717, 1.165) is 17.5 Å². The lowest BCUT2D eigenvalue weighted by Gasteiger charge is -2.27. The molecule has 1 aliphatic carbocycles. The molecule has 1 heterocycles. The molecule has 7 nitrogen and oxygen atoms in total. The van der Waals surface area contributed by atoms with Crippen molar-refractivity contribution >= 4 is 29.0 Å². The molecule has 0 radical (unpaired) electrons. The van der Waals surface area contributed by atoms with Gasteiger partial charge in [0.25, 0.3) is 0 Å². The van der Waals surface area contributed by atoms with Crippen LogP contribution >= 0.6 is 0 Å². The number of carboxylic acids is 1. The number of aryl methyl sites for hydroxylation is 1. The topological polar surface area (TPSA) is 97.1 Å². The molecule has 2 aromatic rings. The number of nitrogens with zero attached hydrogens (tertiary/aromatic N) is 1. The van der Waals surface area contributed by atoms with E-state index < -0.39 is 5.97 Å². The summed E-state index contributed by atoms with van der Waals surface area (Å²) in [6.45, 7) is 9.60. The van der Waals surface area contributed by atoms with Gasteiger partial charge in [0.15, 0.2) is 11.5 Å². The van der Waals surface area contributed by atoms with E-state index in [-0.39, 0.29) is 29.4 Å². The van der Waals surface area contributed by atoms with E-state index >= 15 is 0 Å². The maximum absolute atomic E-state index is 13.2. The Hall–Kier alpha value is -3.66. The fourth-order valence-corrected chi connectivity index (χ4v) is 4.75. The van der Waals surface area contributed by atoms with Crippen LogP contribution in [0.2, 0.25) is 0 Å². The van der Waals surface area contributed by atoms with Gasteiger partial charge in [-0.25, -0.2) is 4.85 Å². The Morgan fingerprint density at radius 3 is 2.79 bits per heavy atom. The highest BCUT2D eigenvalue weighted by Crippen LogP contribution is 2.61. The highest BCUT2D eigenvalue weighted by Gasteiger charge is 2.61. The van der Waals surface area contributed by atoms with Crippen LogP contribution in [-0.2, 0) is 21.4 Å². The molecular formula is C26H26N2O5. The first-order valence-corrected chi connectivity index (χ1v) is 11.2. The molecule has 0 aromatic heterocycles. The van der Waals surface area contributed by atoms with E-state index in [1.165, 1.54) is 0 Å². The van der Waals surface area contributed by atoms with E-state index in [0.29, 0.717) is 55.0 Å². The number of rotatable bonds is 8. The van der Waals surface area contributed by atoms with Gasteiger partial charge in [0.2, 0.25) is 5.91 Å². The van der Waals surface area contributed by atoms with E-state index in [2.05, 4.69) is 10.2 Å². The van der Waals surface area contributed by atoms with E-state index in [1.54, 1.807) is 24.3 Å². The van der Waals surface area contributed by atoms with Crippen molar-refractivity contribution in [2.24, 2.45) is 5.92 Å². The molecule has 1 spiro atoms. The number of Topliss-reactive ketones (excluding diaryl/α,β-unsaturated/α-hetero) is 1. The number of anilines is 1. The fraction of sp³-hybridized carbons (Fsp3) is 0.385. The Bertz CT molecular complexity index is 1170. The predicted octanol–water partition coefficient (Wildman–Crippen LogP) is 4.92. The lowest BCUT2D eigenvalue weighted by molar-refractivity contribution is -0.137. The molecule has 0 bridgehead atoms. The quantitative estimate of drug-likeness (QED) is 0.443. The first kappa shape index (κ1) is 22.5. The Morgan fingerprint density at radius 2 is 2.06 bits per heavy atom. The minimum atomic E-state index is -0.861. The fourth-order valence-electron chi connectivity index (χ4n) is 4.75. The van der Waals surface area contributed by atoms with Crippen LogP contribution < -0.4 is 10.1 Å². The van der Waals surface area contributed by atoms with Crippen LogP contribution in [0.15, 0.2) is 36.4 Å². The summed E-state index contributed by atoms with van der Waals surface area (Å²) in [4.78, 5) is 39.6. The normalized spacial score (nSPS) is 20.3. The summed E-state index contributed by atoms with van der Waals surface area (Å²) in [5, 5.41) is 11.9. The van der Waals surface area contributed by atoms with Crippen LogP contribution in [0.3, 0.4) is 0 Å². The van der Waals surface area contributed by atoms with Crippen LogP contribution in [0.5, 0.6) is 5.75 Å². The van der Waals surface area contributed by atoms with Gasteiger partial charge in [0.1, 0.15) is 5.75 Å². The molecule has 33 heavy (non-hydrogen) atoms. The molecule has 2 aromatic carbocycles. The smallest absolute Gasteiger partial charge is 0.303 e. The Balaban J connectivity index is 1.53. The number of carboxylic acid groups (broad SMARTS) is 1. The highest BCUT2D eigenvalue weighted by atomic mass is 16.5. The number of amides is 1. The van der Waals surface area contributed by atoms with Crippen LogP contribution in [-0.4, -0.2) is 29.4 Å². The molecular weight excluding hydrogens is 420 g/mol. The maximum atomic E-state index is 13.2. The summed E-state index contributed by atoms with van der Waals surface area (Å²) in [5.74, 6) is -0.462. The third-order valence-electron chi connectivity index (χ3n) is 6.68. The summed E-state index contributed by atoms with van der Waals surface area (Å²) in [5.41, 5.74) is 3.10. The number of hydrogen-bond donors (Lipinski definition) is 2. The maximum Gasteiger partial charge on any atom is 0.303 e. The number of benzene rings is 2. The minimum absolute atomic E-state index is 0.0446. The Kier molecular flexibility index (Phi) is 6.19. The largest absolute Gasteiger partial charge is 0.493 e. The molecule has 1 fully saturated rings. The zero-order valence-electron chi connectivity index (χ0n) is 18.5. The van der Waals surface area contributed by atoms with Crippen molar-refractivity contribution in [1.29, 1.82) is 0 Å². The average Bonchev–Trinajstić information content (AvgIpc) is 3.53. The van der Waals surface area contributed by atoms with Gasteiger partial charge in [-0.2, -0.15) is 0 Å². The third kappa shape index (κ3) is 4.47. The first-order chi connectivity index (χ1) is 15.9. The van der Waals surface area contributed by atoms with Crippen LogP contribution in [0.4, 0.5) is 11.4 Å². The van der Waals surface area contributed by atoms with Gasteiger partial charge >= 0.3 is 5.97 Å². The number of nitrogens with one attached hydrogen (secondary N) is 1. The molecule has 2 aliphatic rings. The first-order valence-electron chi connectivity index (χ1n) is 11.2. The van der Waals surface area contributed by atoms with Crippen LogP contribution in [0.1, 0.15) is 60.5 Å². The van der Waals surface area contributed by atoms with E-state index in [1.807, 2.05) is 19.1 Å². The average molecular weight is 447 g/mol. The van der Waals surface area contributed by atoms with Gasteiger partial charge in [-0.05, 0) is 43.4 Å². The molecule has 2 N–H and O–H groups in total. The molecule has 1 aliphatic heterocycles. The van der Waals surface area contributed by atoms with Crippen molar-refractivity contribution < 1.29 is 24.2 Å². The van der Waals surface area contributed by atoms with Crippen molar-refractivity contribution in [3.8, 4) is 5.75 Å². The number of ether oxygens (including phenoxy) is 1. The predicted molar refractivity (Wildman–Crippen MR) is 123 cm³/mol. The Labute approximate surface area is 192 Å². The number of aliphatic carboxylic acids is 1. The summed E-state index contributed by atoms with van der Waals surface area (Å²) in [6, 6.07) is 10.6. The minimum Gasteiger partial charge on any atom is -0.493 e. The third-order valence-corrected chi connectivity index (χ3v) is 6.68. The van der Waals surface area contributed by atoms with Crippen molar-refractivity contribution in [3.05, 3.63) is 64.5 Å². The molecule has 1 saturated carbocycles. The summed E-state index contributed by atoms with van der Waals surface area (Å²) in [7, 11) is 0. The van der Waals surface area contributed by atoms with Crippen molar-refractivity contribution in [2.75, 3.05) is 11.9 Å². The van der Waals surface area contributed by atoms with Gasteiger partial charge in [-0.15, -0.1) is 0 Å². The van der Waals surface area contributed by atoms with E-state index in [9.17, 15) is 14.4 Å². The molecule has 170 valence electrons. The standard InChI is InChI=1S/C26H26N2O5/c1-3-22(29)17-8-10-19-23(13-17)33-12-11-26(19)15-20(26)25(32)28-21-14-18(27-2)9-7-16(21)5-4-6-24(30)31/h7-10,13-14,20H,3-6,11-12,15H2,1H3,(H,28,32)(H,30,31)/t20-,26-/m0/s1. The zero-order valence-corrected chi connectivity index (χ0v) is 18.5.